The lowest BCUT2D eigenvalue weighted by Gasteiger charge is -2.15. The highest BCUT2D eigenvalue weighted by Gasteiger charge is 2.08. The third-order valence-corrected chi connectivity index (χ3v) is 4.07. The van der Waals surface area contributed by atoms with E-state index in [-0.39, 0.29) is 24.0 Å². The molecule has 0 bridgehead atoms. The van der Waals surface area contributed by atoms with Crippen molar-refractivity contribution in [3.63, 3.8) is 0 Å². The van der Waals surface area contributed by atoms with Crippen molar-refractivity contribution in [2.75, 3.05) is 39.7 Å². The van der Waals surface area contributed by atoms with Gasteiger partial charge in [0.05, 0.1) is 20.8 Å². The molecule has 0 heterocycles. The number of nitrogens with one attached hydrogen (secondary N) is 2. The maximum absolute atomic E-state index is 5.62. The first-order valence-corrected chi connectivity index (χ1v) is 9.03. The van der Waals surface area contributed by atoms with Gasteiger partial charge in [-0.3, -0.25) is 4.99 Å². The summed E-state index contributed by atoms with van der Waals surface area (Å²) in [5, 5.41) is 6.61. The first-order chi connectivity index (χ1) is 13.1. The minimum absolute atomic E-state index is 0. The van der Waals surface area contributed by atoms with E-state index in [0.29, 0.717) is 24.1 Å². The summed E-state index contributed by atoms with van der Waals surface area (Å²) >= 11 is 0. The summed E-state index contributed by atoms with van der Waals surface area (Å²) in [6.07, 6.45) is 0.832. The number of aliphatic imine (C=N–C) groups is 1. The molecule has 0 atom stereocenters. The minimum atomic E-state index is 0. The van der Waals surface area contributed by atoms with Gasteiger partial charge in [0.2, 0.25) is 0 Å². The first-order valence-electron chi connectivity index (χ1n) is 9.03. The van der Waals surface area contributed by atoms with E-state index >= 15 is 0 Å². The number of hydrogen-bond donors (Lipinski definition) is 2. The van der Waals surface area contributed by atoms with Crippen LogP contribution in [0.25, 0.3) is 0 Å². The van der Waals surface area contributed by atoms with Crippen molar-refractivity contribution in [3.05, 3.63) is 47.5 Å². The van der Waals surface area contributed by atoms with Crippen LogP contribution < -0.4 is 24.8 Å². The van der Waals surface area contributed by atoms with Gasteiger partial charge in [0.1, 0.15) is 5.75 Å². The van der Waals surface area contributed by atoms with Crippen LogP contribution in [0.4, 0.5) is 5.69 Å². The Bertz CT molecular complexity index is 781. The van der Waals surface area contributed by atoms with Gasteiger partial charge in [-0.25, -0.2) is 0 Å². The Morgan fingerprint density at radius 2 is 1.71 bits per heavy atom. The lowest BCUT2D eigenvalue weighted by atomic mass is 10.1. The minimum Gasteiger partial charge on any atom is -0.496 e. The fourth-order valence-electron chi connectivity index (χ4n) is 2.76. The first kappa shape index (κ1) is 23.9. The Morgan fingerprint density at radius 1 is 1.00 bits per heavy atom. The molecule has 2 aromatic carbocycles. The second-order valence-electron chi connectivity index (χ2n) is 5.99. The number of anilines is 1. The summed E-state index contributed by atoms with van der Waals surface area (Å²) in [4.78, 5) is 4.28. The van der Waals surface area contributed by atoms with Gasteiger partial charge in [0.25, 0.3) is 0 Å². The molecule has 0 aliphatic heterocycles. The van der Waals surface area contributed by atoms with Crippen LogP contribution in [0.3, 0.4) is 0 Å². The van der Waals surface area contributed by atoms with Crippen LogP contribution in [0.15, 0.2) is 41.4 Å². The van der Waals surface area contributed by atoms with Gasteiger partial charge in [-0.2, -0.15) is 0 Å². The Kier molecular flexibility index (Phi) is 10.5. The fraction of sp³-hybridized carbons (Fsp3) is 0.381. The normalized spacial score (nSPS) is 10.7. The number of nitrogens with zero attached hydrogens (tertiary/aromatic N) is 1. The van der Waals surface area contributed by atoms with Crippen LogP contribution in [0, 0.1) is 6.92 Å². The van der Waals surface area contributed by atoms with E-state index in [2.05, 4.69) is 34.7 Å². The molecule has 2 N–H and O–H groups in total. The van der Waals surface area contributed by atoms with Gasteiger partial charge >= 0.3 is 0 Å². The molecule has 2 aromatic rings. The van der Waals surface area contributed by atoms with Crippen LogP contribution in [0.5, 0.6) is 17.2 Å². The SMILES string of the molecule is CCOc1cc(NC(=NC)NCCc2cc(C)ccc2OC)ccc1OC.I. The standard InChI is InChI=1S/C21H29N3O3.HI/c1-6-27-20-14-17(8-10-19(20)26-5)24-21(22-3)23-12-11-16-13-15(2)7-9-18(16)25-4;/h7-10,13-14H,6,11-12H2,1-5H3,(H2,22,23,24);1H. The molecule has 0 fully saturated rings. The quantitative estimate of drug-likeness (QED) is 0.323. The highest BCUT2D eigenvalue weighted by molar-refractivity contribution is 14.0. The maximum Gasteiger partial charge on any atom is 0.195 e. The number of hydrogen-bond acceptors (Lipinski definition) is 4. The number of rotatable bonds is 8. The van der Waals surface area contributed by atoms with Crippen molar-refractivity contribution in [2.24, 2.45) is 4.99 Å². The molecule has 7 heteroatoms. The summed E-state index contributed by atoms with van der Waals surface area (Å²) in [6.45, 7) is 5.33. The molecule has 0 saturated carbocycles. The number of benzene rings is 2. The number of halogens is 1. The molecule has 0 unspecified atom stereocenters. The van der Waals surface area contributed by atoms with E-state index in [1.807, 2.05) is 31.2 Å². The van der Waals surface area contributed by atoms with E-state index in [4.69, 9.17) is 14.2 Å². The summed E-state index contributed by atoms with van der Waals surface area (Å²) in [6, 6.07) is 11.9. The van der Waals surface area contributed by atoms with E-state index in [1.54, 1.807) is 21.3 Å². The smallest absolute Gasteiger partial charge is 0.195 e. The molecule has 154 valence electrons. The number of guanidine groups is 1. The molecule has 6 nitrogen and oxygen atoms in total. The summed E-state index contributed by atoms with van der Waals surface area (Å²) < 4.78 is 16.4. The molecular formula is C21H30IN3O3. The van der Waals surface area contributed by atoms with Crippen molar-refractivity contribution in [2.45, 2.75) is 20.3 Å². The second kappa shape index (κ2) is 12.3. The van der Waals surface area contributed by atoms with Crippen LogP contribution in [0.2, 0.25) is 0 Å². The largest absolute Gasteiger partial charge is 0.496 e. The molecule has 0 spiro atoms. The van der Waals surface area contributed by atoms with Crippen molar-refractivity contribution >= 4 is 35.6 Å². The molecule has 0 saturated heterocycles. The third kappa shape index (κ3) is 6.78. The summed E-state index contributed by atoms with van der Waals surface area (Å²) in [5.74, 6) is 3.00. The predicted molar refractivity (Wildman–Crippen MR) is 126 cm³/mol. The fourth-order valence-corrected chi connectivity index (χ4v) is 2.76. The zero-order chi connectivity index (χ0) is 19.6. The lowest BCUT2D eigenvalue weighted by Crippen LogP contribution is -2.32. The highest BCUT2D eigenvalue weighted by atomic mass is 127. The molecule has 0 amide bonds. The third-order valence-electron chi connectivity index (χ3n) is 4.07. The van der Waals surface area contributed by atoms with Crippen LogP contribution in [-0.4, -0.2) is 40.4 Å². The molecule has 0 radical (unpaired) electrons. The number of aryl methyl sites for hydroxylation is 1. The van der Waals surface area contributed by atoms with Gasteiger partial charge in [-0.05, 0) is 44.0 Å². The van der Waals surface area contributed by atoms with Crippen LogP contribution >= 0.6 is 24.0 Å². The van der Waals surface area contributed by atoms with E-state index < -0.39 is 0 Å². The van der Waals surface area contributed by atoms with Gasteiger partial charge in [0, 0.05) is 25.3 Å². The van der Waals surface area contributed by atoms with Crippen molar-refractivity contribution in [1.82, 2.24) is 5.32 Å². The monoisotopic (exact) mass is 499 g/mol. The zero-order valence-electron chi connectivity index (χ0n) is 17.2. The van der Waals surface area contributed by atoms with Crippen LogP contribution in [0.1, 0.15) is 18.1 Å². The summed E-state index contributed by atoms with van der Waals surface area (Å²) in [5.41, 5.74) is 3.26. The summed E-state index contributed by atoms with van der Waals surface area (Å²) in [7, 11) is 5.07. The van der Waals surface area contributed by atoms with Crippen molar-refractivity contribution < 1.29 is 14.2 Å². The van der Waals surface area contributed by atoms with Crippen molar-refractivity contribution in [1.29, 1.82) is 0 Å². The molecule has 0 aliphatic rings. The lowest BCUT2D eigenvalue weighted by molar-refractivity contribution is 0.311. The topological polar surface area (TPSA) is 64.1 Å². The molecule has 2 rings (SSSR count). The highest BCUT2D eigenvalue weighted by Crippen LogP contribution is 2.30. The van der Waals surface area contributed by atoms with E-state index in [9.17, 15) is 0 Å². The van der Waals surface area contributed by atoms with E-state index in [0.717, 1.165) is 24.4 Å². The maximum atomic E-state index is 5.62. The van der Waals surface area contributed by atoms with Crippen LogP contribution in [-0.2, 0) is 6.42 Å². The predicted octanol–water partition coefficient (Wildman–Crippen LogP) is 4.26. The Morgan fingerprint density at radius 3 is 2.36 bits per heavy atom. The Balaban J connectivity index is 0.00000392. The number of ether oxygens (including phenoxy) is 3. The van der Waals surface area contributed by atoms with E-state index in [1.165, 1.54) is 11.1 Å². The molecular weight excluding hydrogens is 469 g/mol. The van der Waals surface area contributed by atoms with Gasteiger partial charge in [0.15, 0.2) is 17.5 Å². The number of methoxy groups -OCH3 is 2. The Labute approximate surface area is 184 Å². The molecule has 0 aliphatic carbocycles. The molecule has 28 heavy (non-hydrogen) atoms. The van der Waals surface area contributed by atoms with Gasteiger partial charge in [-0.15, -0.1) is 24.0 Å². The average molecular weight is 499 g/mol. The molecule has 0 aromatic heterocycles. The Hall–Kier alpha value is -2.16. The average Bonchev–Trinajstić information content (AvgIpc) is 2.68. The van der Waals surface area contributed by atoms with Gasteiger partial charge in [-0.1, -0.05) is 17.7 Å². The second-order valence-corrected chi connectivity index (χ2v) is 5.99. The van der Waals surface area contributed by atoms with Crippen molar-refractivity contribution in [3.8, 4) is 17.2 Å². The van der Waals surface area contributed by atoms with Gasteiger partial charge < -0.3 is 24.8 Å². The zero-order valence-corrected chi connectivity index (χ0v) is 19.5.